The average Bonchev–Trinajstić information content (AvgIpc) is 3.20. The number of hydrogen-bond acceptors (Lipinski definition) is 3. The minimum Gasteiger partial charge on any atom is -0.397 e. The van der Waals surface area contributed by atoms with Crippen molar-refractivity contribution in [2.75, 3.05) is 12.3 Å². The summed E-state index contributed by atoms with van der Waals surface area (Å²) in [5.74, 6) is 0.00206. The van der Waals surface area contributed by atoms with Crippen molar-refractivity contribution in [1.82, 2.24) is 4.90 Å². The number of nitrogens with two attached hydrogens (primary N) is 1. The fourth-order valence-electron chi connectivity index (χ4n) is 2.30. The lowest BCUT2D eigenvalue weighted by Gasteiger charge is -2.20. The molecule has 3 nitrogen and oxygen atoms in total. The Morgan fingerprint density at radius 1 is 1.55 bits per heavy atom. The van der Waals surface area contributed by atoms with E-state index in [2.05, 4.69) is 6.58 Å². The predicted octanol–water partition coefficient (Wildman–Crippen LogP) is 3.93. The van der Waals surface area contributed by atoms with Crippen LogP contribution < -0.4 is 5.73 Å². The molecule has 0 radical (unpaired) electrons. The molecule has 0 bridgehead atoms. The molecule has 0 saturated heterocycles. The largest absolute Gasteiger partial charge is 0.397 e. The number of rotatable bonds is 4. The summed E-state index contributed by atoms with van der Waals surface area (Å²) in [6.07, 6.45) is 3.89. The third kappa shape index (κ3) is 2.30. The van der Waals surface area contributed by atoms with Crippen LogP contribution in [0.5, 0.6) is 0 Å². The highest BCUT2D eigenvalue weighted by molar-refractivity contribution is 7.21. The van der Waals surface area contributed by atoms with Crippen LogP contribution in [0.15, 0.2) is 30.9 Å². The lowest BCUT2D eigenvalue weighted by atomic mass is 10.2. The highest BCUT2D eigenvalue weighted by Gasteiger charge is 2.33. The molecular formula is C15H15ClN2OS. The zero-order valence-electron chi connectivity index (χ0n) is 10.9. The number of carbonyl (C=O) groups is 1. The van der Waals surface area contributed by atoms with Crippen LogP contribution in [-0.4, -0.2) is 23.4 Å². The van der Waals surface area contributed by atoms with Crippen molar-refractivity contribution in [3.63, 3.8) is 0 Å². The summed E-state index contributed by atoms with van der Waals surface area (Å²) in [7, 11) is 0. The maximum Gasteiger partial charge on any atom is 0.266 e. The first kappa shape index (κ1) is 13.5. The Bertz CT molecular complexity index is 690. The van der Waals surface area contributed by atoms with E-state index in [9.17, 15) is 4.79 Å². The van der Waals surface area contributed by atoms with E-state index in [-0.39, 0.29) is 5.91 Å². The maximum absolute atomic E-state index is 12.7. The molecule has 3 rings (SSSR count). The molecule has 1 aromatic heterocycles. The summed E-state index contributed by atoms with van der Waals surface area (Å²) < 4.78 is 0.952. The van der Waals surface area contributed by atoms with Crippen molar-refractivity contribution in [2.45, 2.75) is 18.9 Å². The SMILES string of the molecule is C=CCN(C(=O)c1sc2cc(Cl)ccc2c1N)C1CC1. The van der Waals surface area contributed by atoms with Gasteiger partial charge in [-0.1, -0.05) is 17.7 Å². The second-order valence-corrected chi connectivity index (χ2v) is 6.45. The number of nitrogens with zero attached hydrogens (tertiary/aromatic N) is 1. The fourth-order valence-corrected chi connectivity index (χ4v) is 3.66. The highest BCUT2D eigenvalue weighted by atomic mass is 35.5. The van der Waals surface area contributed by atoms with Crippen molar-refractivity contribution in [2.24, 2.45) is 0 Å². The molecular weight excluding hydrogens is 292 g/mol. The Morgan fingerprint density at radius 2 is 2.30 bits per heavy atom. The Kier molecular flexibility index (Phi) is 3.44. The quantitative estimate of drug-likeness (QED) is 0.870. The van der Waals surface area contributed by atoms with E-state index >= 15 is 0 Å². The van der Waals surface area contributed by atoms with Crippen LogP contribution in [-0.2, 0) is 0 Å². The molecule has 104 valence electrons. The zero-order valence-corrected chi connectivity index (χ0v) is 12.5. The van der Waals surface area contributed by atoms with Crippen molar-refractivity contribution in [3.8, 4) is 0 Å². The van der Waals surface area contributed by atoms with Crippen LogP contribution in [0.2, 0.25) is 5.02 Å². The van der Waals surface area contributed by atoms with Gasteiger partial charge in [-0.15, -0.1) is 17.9 Å². The van der Waals surface area contributed by atoms with Crippen LogP contribution >= 0.6 is 22.9 Å². The molecule has 0 atom stereocenters. The van der Waals surface area contributed by atoms with E-state index < -0.39 is 0 Å². The van der Waals surface area contributed by atoms with E-state index in [1.165, 1.54) is 11.3 Å². The summed E-state index contributed by atoms with van der Waals surface area (Å²) in [6.45, 7) is 4.29. The number of nitrogen functional groups attached to an aromatic ring is 1. The molecule has 1 amide bonds. The van der Waals surface area contributed by atoms with Crippen molar-refractivity contribution >= 4 is 44.6 Å². The summed E-state index contributed by atoms with van der Waals surface area (Å²) in [5.41, 5.74) is 6.70. The molecule has 0 unspecified atom stereocenters. The number of carbonyl (C=O) groups excluding carboxylic acids is 1. The van der Waals surface area contributed by atoms with E-state index in [4.69, 9.17) is 17.3 Å². The van der Waals surface area contributed by atoms with Gasteiger partial charge in [-0.25, -0.2) is 0 Å². The summed E-state index contributed by atoms with van der Waals surface area (Å²) in [4.78, 5) is 15.1. The third-order valence-electron chi connectivity index (χ3n) is 3.46. The van der Waals surface area contributed by atoms with Crippen molar-refractivity contribution < 1.29 is 4.79 Å². The van der Waals surface area contributed by atoms with Gasteiger partial charge in [0.2, 0.25) is 0 Å². The molecule has 0 spiro atoms. The van der Waals surface area contributed by atoms with E-state index in [0.717, 1.165) is 22.9 Å². The van der Waals surface area contributed by atoms with E-state index in [0.29, 0.717) is 28.2 Å². The number of benzene rings is 1. The Hall–Kier alpha value is -1.52. The first-order valence-electron chi connectivity index (χ1n) is 6.51. The molecule has 2 aromatic rings. The second kappa shape index (κ2) is 5.11. The summed E-state index contributed by atoms with van der Waals surface area (Å²) in [6, 6.07) is 5.86. The fraction of sp³-hybridized carbons (Fsp3) is 0.267. The zero-order chi connectivity index (χ0) is 14.3. The average molecular weight is 307 g/mol. The van der Waals surface area contributed by atoms with Gasteiger partial charge in [0, 0.05) is 27.7 Å². The van der Waals surface area contributed by atoms with Gasteiger partial charge < -0.3 is 10.6 Å². The Morgan fingerprint density at radius 3 is 2.95 bits per heavy atom. The molecule has 1 heterocycles. The minimum absolute atomic E-state index is 0.00206. The smallest absolute Gasteiger partial charge is 0.266 e. The minimum atomic E-state index is 0.00206. The van der Waals surface area contributed by atoms with Gasteiger partial charge in [-0.3, -0.25) is 4.79 Å². The molecule has 1 aliphatic carbocycles. The Labute approximate surface area is 126 Å². The molecule has 2 N–H and O–H groups in total. The van der Waals surface area contributed by atoms with Gasteiger partial charge in [0.1, 0.15) is 4.88 Å². The van der Waals surface area contributed by atoms with Crippen molar-refractivity contribution in [3.05, 3.63) is 40.8 Å². The predicted molar refractivity (Wildman–Crippen MR) is 85.5 cm³/mol. The van der Waals surface area contributed by atoms with E-state index in [1.807, 2.05) is 17.0 Å². The number of hydrogen-bond donors (Lipinski definition) is 1. The number of anilines is 1. The highest BCUT2D eigenvalue weighted by Crippen LogP contribution is 2.37. The molecule has 5 heteroatoms. The summed E-state index contributed by atoms with van der Waals surface area (Å²) >= 11 is 7.40. The number of halogens is 1. The van der Waals surface area contributed by atoms with Crippen LogP contribution in [0.25, 0.3) is 10.1 Å². The molecule has 20 heavy (non-hydrogen) atoms. The van der Waals surface area contributed by atoms with E-state index in [1.54, 1.807) is 12.1 Å². The van der Waals surface area contributed by atoms with Gasteiger partial charge in [-0.05, 0) is 31.0 Å². The molecule has 1 saturated carbocycles. The number of thiophene rings is 1. The van der Waals surface area contributed by atoms with Crippen molar-refractivity contribution in [1.29, 1.82) is 0 Å². The van der Waals surface area contributed by atoms with Crippen LogP contribution in [0.1, 0.15) is 22.5 Å². The first-order valence-corrected chi connectivity index (χ1v) is 7.70. The first-order chi connectivity index (χ1) is 9.61. The standard InChI is InChI=1S/C15H15ClN2OS/c1-2-7-18(10-4-5-10)15(19)14-13(17)11-6-3-9(16)8-12(11)20-14/h2-3,6,8,10H,1,4-5,7,17H2. The van der Waals surface area contributed by atoms with Gasteiger partial charge in [0.05, 0.1) is 5.69 Å². The molecule has 1 aliphatic rings. The molecule has 1 fully saturated rings. The van der Waals surface area contributed by atoms with Gasteiger partial charge in [-0.2, -0.15) is 0 Å². The maximum atomic E-state index is 12.7. The second-order valence-electron chi connectivity index (χ2n) is 4.96. The molecule has 0 aliphatic heterocycles. The van der Waals surface area contributed by atoms with Gasteiger partial charge in [0.25, 0.3) is 5.91 Å². The lowest BCUT2D eigenvalue weighted by Crippen LogP contribution is -2.33. The van der Waals surface area contributed by atoms with Crippen LogP contribution in [0.4, 0.5) is 5.69 Å². The third-order valence-corrected chi connectivity index (χ3v) is 4.85. The monoisotopic (exact) mass is 306 g/mol. The summed E-state index contributed by atoms with van der Waals surface area (Å²) in [5, 5.41) is 1.56. The van der Waals surface area contributed by atoms with Crippen LogP contribution in [0, 0.1) is 0 Å². The number of fused-ring (bicyclic) bond motifs is 1. The normalized spacial score (nSPS) is 14.4. The van der Waals surface area contributed by atoms with Crippen LogP contribution in [0.3, 0.4) is 0 Å². The van der Waals surface area contributed by atoms with Gasteiger partial charge in [0.15, 0.2) is 0 Å². The Balaban J connectivity index is 2.02. The lowest BCUT2D eigenvalue weighted by molar-refractivity contribution is 0.0768. The topological polar surface area (TPSA) is 46.3 Å². The number of amides is 1. The van der Waals surface area contributed by atoms with Gasteiger partial charge >= 0.3 is 0 Å². The molecule has 1 aromatic carbocycles.